The highest BCUT2D eigenvalue weighted by Gasteiger charge is 2.43. The van der Waals surface area contributed by atoms with E-state index in [9.17, 15) is 27.6 Å². The molecule has 2 fully saturated rings. The van der Waals surface area contributed by atoms with Gasteiger partial charge in [0.15, 0.2) is 28.8 Å². The van der Waals surface area contributed by atoms with Crippen molar-refractivity contribution in [3.63, 3.8) is 0 Å². The Labute approximate surface area is 480 Å². The van der Waals surface area contributed by atoms with Crippen molar-refractivity contribution in [2.45, 2.75) is 90.0 Å². The summed E-state index contributed by atoms with van der Waals surface area (Å²) in [7, 11) is 0. The first-order valence-electron chi connectivity index (χ1n) is 27.9. The normalized spacial score (nSPS) is 15.5. The monoisotopic (exact) mass is 1140 g/mol. The fourth-order valence-corrected chi connectivity index (χ4v) is 9.16. The van der Waals surface area contributed by atoms with Crippen molar-refractivity contribution in [3.8, 4) is 34.1 Å². The van der Waals surface area contributed by atoms with Crippen LogP contribution in [0.25, 0.3) is 21.9 Å². The molecule has 0 radical (unpaired) electrons. The number of unbranched alkanes of at least 4 members (excludes halogenated alkanes) is 1. The van der Waals surface area contributed by atoms with Crippen molar-refractivity contribution in [1.82, 2.24) is 10.2 Å². The Balaban J connectivity index is 0.891. The quantitative estimate of drug-likeness (QED) is 0.00798. The van der Waals surface area contributed by atoms with E-state index in [4.69, 9.17) is 42.6 Å². The van der Waals surface area contributed by atoms with Crippen LogP contribution in [0.1, 0.15) is 85.0 Å². The topological polar surface area (TPSA) is 188 Å². The molecule has 1 saturated heterocycles. The Morgan fingerprint density at radius 3 is 2.16 bits per heavy atom. The van der Waals surface area contributed by atoms with E-state index in [1.807, 2.05) is 72.8 Å². The van der Waals surface area contributed by atoms with Crippen molar-refractivity contribution in [3.05, 3.63) is 161 Å². The van der Waals surface area contributed by atoms with Crippen molar-refractivity contribution < 1.29 is 70.2 Å². The summed E-state index contributed by atoms with van der Waals surface area (Å²) in [4.78, 5) is 37.2. The highest BCUT2D eigenvalue weighted by molar-refractivity contribution is 5.92. The molecule has 5 aromatic carbocycles. The molecule has 3 unspecified atom stereocenters. The summed E-state index contributed by atoms with van der Waals surface area (Å²) >= 11 is 0. The average Bonchev–Trinajstić information content (AvgIpc) is 4.46. The number of nitrogens with one attached hydrogen (secondary N) is 1. The number of benzene rings is 5. The third-order valence-electron chi connectivity index (χ3n) is 13.9. The predicted octanol–water partition coefficient (Wildman–Crippen LogP) is 12.0. The second-order valence-electron chi connectivity index (χ2n) is 20.2. The Morgan fingerprint density at radius 2 is 1.39 bits per heavy atom. The zero-order chi connectivity index (χ0) is 58.6. The third kappa shape index (κ3) is 18.4. The fraction of sp³-hybridized carbons (Fsp3) is 0.375. The SMILES string of the molecule is C=C(C)C(=O)OCCOc1cc(CCc2ccc(CCOC(=O)c3ccc(-c4ccc(OCCCOCC5CCC6OC6C5)c(OCCCC)c4)cc3)cc2/C=N/Nc2nncc3ccccc23)ccc1OCCOC(=O)C(=C)C(F)(F)F. The van der Waals surface area contributed by atoms with Crippen LogP contribution in [0, 0.1) is 5.92 Å². The van der Waals surface area contributed by atoms with Gasteiger partial charge in [-0.25, -0.2) is 14.4 Å². The van der Waals surface area contributed by atoms with Gasteiger partial charge in [0.25, 0.3) is 0 Å². The number of anilines is 1. The van der Waals surface area contributed by atoms with Gasteiger partial charge in [0.05, 0.1) is 50.0 Å². The molecule has 1 aliphatic carbocycles. The molecule has 16 nitrogen and oxygen atoms in total. The molecule has 0 spiro atoms. The van der Waals surface area contributed by atoms with Gasteiger partial charge in [0.2, 0.25) is 0 Å². The smallest absolute Gasteiger partial charge is 0.422 e. The van der Waals surface area contributed by atoms with Gasteiger partial charge in [-0.2, -0.15) is 23.4 Å². The Bertz CT molecular complexity index is 3220. The van der Waals surface area contributed by atoms with Crippen LogP contribution in [0.4, 0.5) is 19.0 Å². The second-order valence-corrected chi connectivity index (χ2v) is 20.2. The molecule has 2 heterocycles. The maximum Gasteiger partial charge on any atom is 0.422 e. The molecule has 2 aliphatic rings. The fourth-order valence-electron chi connectivity index (χ4n) is 9.16. The number of ether oxygens (including phenoxy) is 9. The first-order valence-corrected chi connectivity index (χ1v) is 27.9. The van der Waals surface area contributed by atoms with Crippen LogP contribution in [0.3, 0.4) is 0 Å². The van der Waals surface area contributed by atoms with Gasteiger partial charge in [-0.1, -0.05) is 87.2 Å². The molecule has 1 N–H and O–H groups in total. The number of aryl methyl sites for hydroxylation is 2. The summed E-state index contributed by atoms with van der Waals surface area (Å²) in [5.74, 6) is 0.194. The lowest BCUT2D eigenvalue weighted by Gasteiger charge is -2.18. The van der Waals surface area contributed by atoms with Crippen LogP contribution in [0.5, 0.6) is 23.0 Å². The van der Waals surface area contributed by atoms with E-state index in [0.717, 1.165) is 82.9 Å². The summed E-state index contributed by atoms with van der Waals surface area (Å²) in [6.45, 7) is 11.6. The van der Waals surface area contributed by atoms with E-state index in [1.54, 1.807) is 42.7 Å². The summed E-state index contributed by atoms with van der Waals surface area (Å²) in [5.41, 5.74) is 7.27. The summed E-state index contributed by atoms with van der Waals surface area (Å²) in [6.07, 6.45) is 6.88. The standard InChI is InChI=1S/C64H69F3N4O12/c1-5-6-28-77-58-38-50(22-25-55(58)76-29-9-27-75-41-46-15-24-56-59(37-46)83-56)47-18-20-49(21-19-47)63(74)80-30-26-45-13-17-48(52(35-45)40-69-71-60-53-11-8-7-10-51(53)39-68-70-60)16-12-44-14-23-54(57(36-44)79-32-33-81-61(72)42(2)3)78-31-34-82-62(73)43(4)64(65,66)67/h7-8,10-11,13-14,17-23,25,35-36,38-40,46,56,59H,2,4-6,9,12,15-16,24,26-34,37,41H2,1,3H3,(H,70,71)/b69-40+. The van der Waals surface area contributed by atoms with Crippen molar-refractivity contribution in [2.24, 2.45) is 11.0 Å². The number of hydrazone groups is 1. The molecule has 1 saturated carbocycles. The molecule has 8 rings (SSSR count). The number of carbonyl (C=O) groups is 3. The molecule has 1 aliphatic heterocycles. The molecule has 0 bridgehead atoms. The number of esters is 3. The minimum absolute atomic E-state index is 0.0609. The van der Waals surface area contributed by atoms with Crippen LogP contribution in [0.15, 0.2) is 139 Å². The van der Waals surface area contributed by atoms with Crippen LogP contribution >= 0.6 is 0 Å². The third-order valence-corrected chi connectivity index (χ3v) is 13.9. The van der Waals surface area contributed by atoms with Crippen molar-refractivity contribution in [2.75, 3.05) is 64.9 Å². The maximum atomic E-state index is 13.4. The molecule has 83 heavy (non-hydrogen) atoms. The lowest BCUT2D eigenvalue weighted by atomic mass is 9.90. The molecule has 3 atom stereocenters. The highest BCUT2D eigenvalue weighted by Crippen LogP contribution is 2.40. The van der Waals surface area contributed by atoms with Crippen LogP contribution in [-0.2, 0) is 52.5 Å². The van der Waals surface area contributed by atoms with Gasteiger partial charge in [-0.3, -0.25) is 5.43 Å². The number of halogens is 3. The summed E-state index contributed by atoms with van der Waals surface area (Å²) < 4.78 is 90.2. The largest absolute Gasteiger partial charge is 0.490 e. The minimum Gasteiger partial charge on any atom is -0.490 e. The number of fused-ring (bicyclic) bond motifs is 2. The Morgan fingerprint density at radius 1 is 0.699 bits per heavy atom. The lowest BCUT2D eigenvalue weighted by Crippen LogP contribution is -2.22. The molecular weight excluding hydrogens is 1070 g/mol. The lowest BCUT2D eigenvalue weighted by molar-refractivity contribution is -0.151. The second kappa shape index (κ2) is 30.1. The van der Waals surface area contributed by atoms with Gasteiger partial charge in [0.1, 0.15) is 32.0 Å². The minimum atomic E-state index is -4.93. The van der Waals surface area contributed by atoms with Crippen molar-refractivity contribution >= 4 is 40.7 Å². The highest BCUT2D eigenvalue weighted by atomic mass is 19.4. The first-order chi connectivity index (χ1) is 40.2. The Hall–Kier alpha value is -8.29. The number of hydrogen-bond acceptors (Lipinski definition) is 16. The van der Waals surface area contributed by atoms with E-state index >= 15 is 0 Å². The number of nitrogens with zero attached hydrogens (tertiary/aromatic N) is 3. The number of aromatic nitrogens is 2. The summed E-state index contributed by atoms with van der Waals surface area (Å²) in [6, 6.07) is 31.9. The van der Waals surface area contributed by atoms with Gasteiger partial charge in [-0.15, -0.1) is 5.10 Å². The maximum absolute atomic E-state index is 13.4. The van der Waals surface area contributed by atoms with Gasteiger partial charge < -0.3 is 42.6 Å². The zero-order valence-corrected chi connectivity index (χ0v) is 46.7. The zero-order valence-electron chi connectivity index (χ0n) is 46.7. The van der Waals surface area contributed by atoms with Crippen LogP contribution in [-0.4, -0.2) is 112 Å². The molecule has 438 valence electrons. The molecule has 0 amide bonds. The van der Waals surface area contributed by atoms with E-state index in [2.05, 4.69) is 40.8 Å². The van der Waals surface area contributed by atoms with Crippen LogP contribution < -0.4 is 24.4 Å². The van der Waals surface area contributed by atoms with Crippen LogP contribution in [0.2, 0.25) is 0 Å². The van der Waals surface area contributed by atoms with Crippen molar-refractivity contribution in [1.29, 1.82) is 0 Å². The average molecular weight is 1140 g/mol. The van der Waals surface area contributed by atoms with Gasteiger partial charge in [0, 0.05) is 42.4 Å². The molecular formula is C64H69F3N4O12. The number of rotatable bonds is 32. The first kappa shape index (κ1) is 60.8. The molecule has 1 aromatic heterocycles. The van der Waals surface area contributed by atoms with E-state index < -0.39 is 36.3 Å². The number of carbonyl (C=O) groups excluding carboxylic acids is 3. The number of alkyl halides is 3. The molecule has 19 heteroatoms. The summed E-state index contributed by atoms with van der Waals surface area (Å²) in [5, 5.41) is 14.7. The Kier molecular flexibility index (Phi) is 22.1. The van der Waals surface area contributed by atoms with Gasteiger partial charge in [-0.05, 0) is 127 Å². The number of hydrogen-bond donors (Lipinski definition) is 1. The predicted molar refractivity (Wildman–Crippen MR) is 307 cm³/mol. The van der Waals surface area contributed by atoms with E-state index in [1.165, 1.54) is 13.3 Å². The van der Waals surface area contributed by atoms with Gasteiger partial charge >= 0.3 is 24.1 Å². The van der Waals surface area contributed by atoms with E-state index in [-0.39, 0.29) is 43.5 Å². The number of epoxide rings is 1. The molecule has 6 aromatic rings. The van der Waals surface area contributed by atoms with E-state index in [0.29, 0.717) is 80.1 Å².